The Morgan fingerprint density at radius 2 is 2.24 bits per heavy atom. The molecule has 1 aromatic carbocycles. The summed E-state index contributed by atoms with van der Waals surface area (Å²) in [6, 6.07) is 4.74. The van der Waals surface area contributed by atoms with E-state index in [1.54, 1.807) is 12.1 Å². The highest BCUT2D eigenvalue weighted by Crippen LogP contribution is 2.28. The van der Waals surface area contributed by atoms with E-state index in [1.165, 1.54) is 13.2 Å². The van der Waals surface area contributed by atoms with Gasteiger partial charge < -0.3 is 15.2 Å². The highest BCUT2D eigenvalue weighted by Gasteiger charge is 2.05. The monoisotopic (exact) mass is 257 g/mol. The lowest BCUT2D eigenvalue weighted by atomic mass is 10.2. The van der Waals surface area contributed by atoms with Crippen molar-refractivity contribution in [2.24, 2.45) is 0 Å². The quantitative estimate of drug-likeness (QED) is 0.609. The summed E-state index contributed by atoms with van der Waals surface area (Å²) in [6.07, 6.45) is 2.01. The van der Waals surface area contributed by atoms with E-state index in [-0.39, 0.29) is 11.7 Å². The van der Waals surface area contributed by atoms with Gasteiger partial charge in [-0.3, -0.25) is 4.79 Å². The van der Waals surface area contributed by atoms with E-state index >= 15 is 0 Å². The molecule has 0 saturated carbocycles. The Hall–Kier alpha value is -1.42. The molecule has 0 spiro atoms. The molecular formula is C12H16ClNO3. The number of nitrogens with one attached hydrogen (secondary N) is 1. The van der Waals surface area contributed by atoms with E-state index < -0.39 is 0 Å². The smallest absolute Gasteiger partial charge is 0.224 e. The summed E-state index contributed by atoms with van der Waals surface area (Å²) in [7, 11) is 1.47. The first-order valence-corrected chi connectivity index (χ1v) is 5.93. The molecule has 1 amide bonds. The zero-order valence-electron chi connectivity index (χ0n) is 9.70. The van der Waals surface area contributed by atoms with Crippen molar-refractivity contribution >= 4 is 23.2 Å². The number of phenols is 1. The molecule has 2 N–H and O–H groups in total. The lowest BCUT2D eigenvalue weighted by molar-refractivity contribution is -0.116. The van der Waals surface area contributed by atoms with Crippen molar-refractivity contribution in [3.05, 3.63) is 18.2 Å². The lowest BCUT2D eigenvalue weighted by Crippen LogP contribution is -2.11. The van der Waals surface area contributed by atoms with Crippen LogP contribution in [0, 0.1) is 0 Å². The van der Waals surface area contributed by atoms with Gasteiger partial charge in [-0.2, -0.15) is 0 Å². The first-order chi connectivity index (χ1) is 8.17. The molecule has 5 heteroatoms. The molecule has 4 nitrogen and oxygen atoms in total. The van der Waals surface area contributed by atoms with E-state index in [4.69, 9.17) is 16.3 Å². The van der Waals surface area contributed by atoms with Crippen LogP contribution in [0.3, 0.4) is 0 Å². The van der Waals surface area contributed by atoms with Crippen LogP contribution >= 0.6 is 11.6 Å². The van der Waals surface area contributed by atoms with Gasteiger partial charge in [0.2, 0.25) is 5.91 Å². The molecule has 0 aliphatic rings. The number of benzene rings is 1. The molecule has 0 saturated heterocycles. The van der Waals surface area contributed by atoms with Crippen LogP contribution in [-0.4, -0.2) is 24.0 Å². The van der Waals surface area contributed by atoms with Crippen molar-refractivity contribution in [2.75, 3.05) is 18.3 Å². The van der Waals surface area contributed by atoms with Crippen LogP contribution < -0.4 is 10.1 Å². The average molecular weight is 258 g/mol. The van der Waals surface area contributed by atoms with Gasteiger partial charge in [0.15, 0.2) is 11.5 Å². The standard InChI is InChI=1S/C12H16ClNO3/c1-17-11-6-5-9(8-10(11)15)14-12(16)4-2-3-7-13/h5-6,8,15H,2-4,7H2,1H3,(H,14,16). The van der Waals surface area contributed by atoms with E-state index in [1.807, 2.05) is 0 Å². The molecule has 1 rings (SSSR count). The predicted molar refractivity (Wildman–Crippen MR) is 67.9 cm³/mol. The van der Waals surface area contributed by atoms with E-state index in [9.17, 15) is 9.90 Å². The molecule has 17 heavy (non-hydrogen) atoms. The number of carbonyl (C=O) groups is 1. The van der Waals surface area contributed by atoms with Crippen LogP contribution in [0.25, 0.3) is 0 Å². The average Bonchev–Trinajstić information content (AvgIpc) is 2.29. The van der Waals surface area contributed by atoms with Gasteiger partial charge in [-0.1, -0.05) is 0 Å². The van der Waals surface area contributed by atoms with Gasteiger partial charge >= 0.3 is 0 Å². The number of hydrogen-bond donors (Lipinski definition) is 2. The minimum absolute atomic E-state index is 0.00561. The number of hydrogen-bond acceptors (Lipinski definition) is 3. The zero-order chi connectivity index (χ0) is 12.7. The fourth-order valence-corrected chi connectivity index (χ4v) is 1.56. The first kappa shape index (κ1) is 13.6. The Balaban J connectivity index is 2.51. The van der Waals surface area contributed by atoms with Gasteiger partial charge in [-0.15, -0.1) is 11.6 Å². The number of carbonyl (C=O) groups excluding carboxylic acids is 1. The third-order valence-corrected chi connectivity index (χ3v) is 2.52. The number of phenolic OH excluding ortho intramolecular Hbond substituents is 1. The number of anilines is 1. The highest BCUT2D eigenvalue weighted by molar-refractivity contribution is 6.17. The summed E-state index contributed by atoms with van der Waals surface area (Å²) in [4.78, 5) is 11.5. The maximum absolute atomic E-state index is 11.5. The number of ether oxygens (including phenoxy) is 1. The minimum atomic E-state index is -0.0836. The van der Waals surface area contributed by atoms with Crippen LogP contribution in [0.2, 0.25) is 0 Å². The van der Waals surface area contributed by atoms with Crippen molar-refractivity contribution < 1.29 is 14.6 Å². The van der Waals surface area contributed by atoms with Crippen molar-refractivity contribution in [3.8, 4) is 11.5 Å². The molecule has 0 aliphatic carbocycles. The second kappa shape index (κ2) is 7.01. The normalized spacial score (nSPS) is 10.0. The van der Waals surface area contributed by atoms with E-state index in [0.29, 0.717) is 23.7 Å². The summed E-state index contributed by atoms with van der Waals surface area (Å²) in [5, 5.41) is 12.2. The van der Waals surface area contributed by atoms with E-state index in [0.717, 1.165) is 12.8 Å². The number of amides is 1. The van der Waals surface area contributed by atoms with Gasteiger partial charge in [0, 0.05) is 24.1 Å². The van der Waals surface area contributed by atoms with Crippen molar-refractivity contribution in [3.63, 3.8) is 0 Å². The van der Waals surface area contributed by atoms with Gasteiger partial charge in [0.1, 0.15) is 0 Å². The topological polar surface area (TPSA) is 58.6 Å². The van der Waals surface area contributed by atoms with Crippen LogP contribution in [0.5, 0.6) is 11.5 Å². The van der Waals surface area contributed by atoms with Crippen LogP contribution in [0.4, 0.5) is 5.69 Å². The molecule has 1 aromatic rings. The minimum Gasteiger partial charge on any atom is -0.504 e. The third kappa shape index (κ3) is 4.53. The maximum atomic E-state index is 11.5. The zero-order valence-corrected chi connectivity index (χ0v) is 10.5. The van der Waals surface area contributed by atoms with Crippen LogP contribution in [0.15, 0.2) is 18.2 Å². The Kier molecular flexibility index (Phi) is 5.63. The Labute approximate surface area is 106 Å². The molecule has 0 heterocycles. The summed E-state index contributed by atoms with van der Waals surface area (Å²) in [5.74, 6) is 0.868. The second-order valence-corrected chi connectivity index (χ2v) is 3.96. The van der Waals surface area contributed by atoms with Crippen molar-refractivity contribution in [2.45, 2.75) is 19.3 Å². The number of halogens is 1. The molecule has 94 valence electrons. The lowest BCUT2D eigenvalue weighted by Gasteiger charge is -2.07. The highest BCUT2D eigenvalue weighted by atomic mass is 35.5. The molecule has 0 unspecified atom stereocenters. The number of unbranched alkanes of at least 4 members (excludes halogenated alkanes) is 1. The molecule has 0 radical (unpaired) electrons. The molecule has 0 atom stereocenters. The largest absolute Gasteiger partial charge is 0.504 e. The molecule has 0 bridgehead atoms. The number of alkyl halides is 1. The third-order valence-electron chi connectivity index (χ3n) is 2.25. The summed E-state index contributed by atoms with van der Waals surface area (Å²) >= 11 is 5.52. The molecular weight excluding hydrogens is 242 g/mol. The van der Waals surface area contributed by atoms with Gasteiger partial charge in [-0.25, -0.2) is 0 Å². The molecule has 0 fully saturated rings. The molecule has 0 aliphatic heterocycles. The summed E-state index contributed by atoms with van der Waals surface area (Å²) in [6.45, 7) is 0. The Morgan fingerprint density at radius 3 is 2.82 bits per heavy atom. The Bertz CT molecular complexity index is 382. The van der Waals surface area contributed by atoms with Crippen LogP contribution in [0.1, 0.15) is 19.3 Å². The van der Waals surface area contributed by atoms with Crippen LogP contribution in [-0.2, 0) is 4.79 Å². The van der Waals surface area contributed by atoms with E-state index in [2.05, 4.69) is 5.32 Å². The SMILES string of the molecule is COc1ccc(NC(=O)CCCCCl)cc1O. The number of rotatable bonds is 6. The van der Waals surface area contributed by atoms with Crippen molar-refractivity contribution in [1.29, 1.82) is 0 Å². The number of aromatic hydroxyl groups is 1. The summed E-state index contributed by atoms with van der Waals surface area (Å²) in [5.41, 5.74) is 0.555. The van der Waals surface area contributed by atoms with Crippen molar-refractivity contribution in [1.82, 2.24) is 0 Å². The van der Waals surface area contributed by atoms with Gasteiger partial charge in [0.05, 0.1) is 7.11 Å². The predicted octanol–water partition coefficient (Wildman–Crippen LogP) is 2.75. The van der Waals surface area contributed by atoms with Gasteiger partial charge in [-0.05, 0) is 25.0 Å². The fourth-order valence-electron chi connectivity index (χ4n) is 1.37. The molecule has 0 aromatic heterocycles. The summed E-state index contributed by atoms with van der Waals surface area (Å²) < 4.78 is 4.91. The maximum Gasteiger partial charge on any atom is 0.224 e. The second-order valence-electron chi connectivity index (χ2n) is 3.58. The fraction of sp³-hybridized carbons (Fsp3) is 0.417. The number of methoxy groups -OCH3 is 1. The van der Waals surface area contributed by atoms with Gasteiger partial charge in [0.25, 0.3) is 0 Å². The Morgan fingerprint density at radius 1 is 1.47 bits per heavy atom. The first-order valence-electron chi connectivity index (χ1n) is 5.40.